The molecule has 3 rings (SSSR count). The van der Waals surface area contributed by atoms with Crippen LogP contribution in [-0.4, -0.2) is 22.0 Å². The molecule has 0 fully saturated rings. The van der Waals surface area contributed by atoms with Gasteiger partial charge in [-0.1, -0.05) is 30.3 Å². The number of para-hydroxylation sites is 2. The van der Waals surface area contributed by atoms with E-state index in [4.69, 9.17) is 0 Å². The lowest BCUT2D eigenvalue weighted by molar-refractivity contribution is -0.119. The largest absolute Gasteiger partial charge is 0.311 e. The fraction of sp³-hybridized carbons (Fsp3) is 0.211. The number of amides is 1. The maximum Gasteiger partial charge on any atom is 0.261 e. The first-order chi connectivity index (χ1) is 11.6. The molecule has 1 heterocycles. The van der Waals surface area contributed by atoms with Crippen LogP contribution in [0.5, 0.6) is 0 Å². The first kappa shape index (κ1) is 15.9. The van der Waals surface area contributed by atoms with Crippen molar-refractivity contribution in [2.24, 2.45) is 0 Å². The second-order valence-electron chi connectivity index (χ2n) is 5.54. The fourth-order valence-corrected chi connectivity index (χ4v) is 2.80. The minimum Gasteiger partial charge on any atom is -0.311 e. The number of hydrogen-bond donors (Lipinski definition) is 0. The smallest absolute Gasteiger partial charge is 0.261 e. The number of fused-ring (bicyclic) bond motifs is 1. The highest BCUT2D eigenvalue weighted by molar-refractivity contribution is 5.93. The van der Waals surface area contributed by atoms with E-state index < -0.39 is 0 Å². The van der Waals surface area contributed by atoms with Gasteiger partial charge in [-0.15, -0.1) is 0 Å². The highest BCUT2D eigenvalue weighted by atomic mass is 16.2. The number of aromatic nitrogens is 2. The monoisotopic (exact) mass is 321 g/mol. The van der Waals surface area contributed by atoms with Crippen LogP contribution >= 0.6 is 0 Å². The van der Waals surface area contributed by atoms with E-state index in [0.717, 1.165) is 5.69 Å². The second kappa shape index (κ2) is 6.66. The van der Waals surface area contributed by atoms with Gasteiger partial charge < -0.3 is 4.90 Å². The van der Waals surface area contributed by atoms with Crippen LogP contribution in [0, 0.1) is 6.92 Å². The third-order valence-corrected chi connectivity index (χ3v) is 4.03. The Kier molecular flexibility index (Phi) is 4.42. The van der Waals surface area contributed by atoms with E-state index in [1.54, 1.807) is 30.0 Å². The molecule has 0 radical (unpaired) electrons. The minimum atomic E-state index is -0.185. The Hall–Kier alpha value is -2.95. The summed E-state index contributed by atoms with van der Waals surface area (Å²) in [5, 5.41) is 0.527. The third kappa shape index (κ3) is 2.93. The zero-order valence-corrected chi connectivity index (χ0v) is 13.8. The van der Waals surface area contributed by atoms with Crippen LogP contribution in [0.25, 0.3) is 10.9 Å². The number of rotatable bonds is 4. The van der Waals surface area contributed by atoms with E-state index in [1.165, 1.54) is 4.57 Å². The number of benzene rings is 2. The van der Waals surface area contributed by atoms with Crippen LogP contribution in [0.15, 0.2) is 59.4 Å². The maximum absolute atomic E-state index is 12.7. The second-order valence-corrected chi connectivity index (χ2v) is 5.54. The topological polar surface area (TPSA) is 55.2 Å². The summed E-state index contributed by atoms with van der Waals surface area (Å²) in [5.41, 5.74) is 1.29. The molecule has 0 spiro atoms. The van der Waals surface area contributed by atoms with Gasteiger partial charge in [-0.3, -0.25) is 14.2 Å². The summed E-state index contributed by atoms with van der Waals surface area (Å²) in [6, 6.07) is 16.6. The Bertz CT molecular complexity index is 932. The molecule has 0 aliphatic heterocycles. The SMILES string of the molecule is CCN(C(=O)Cn1c(C)nc2ccccc2c1=O)c1ccccc1. The molecule has 0 aliphatic carbocycles. The number of aryl methyl sites for hydroxylation is 1. The predicted octanol–water partition coefficient (Wildman–Crippen LogP) is 2.76. The number of anilines is 1. The molecule has 0 atom stereocenters. The molecule has 24 heavy (non-hydrogen) atoms. The summed E-state index contributed by atoms with van der Waals surface area (Å²) in [5.74, 6) is 0.405. The van der Waals surface area contributed by atoms with E-state index in [2.05, 4.69) is 4.98 Å². The maximum atomic E-state index is 12.7. The van der Waals surface area contributed by atoms with Gasteiger partial charge in [0, 0.05) is 12.2 Å². The van der Waals surface area contributed by atoms with E-state index in [0.29, 0.717) is 23.3 Å². The molecule has 0 unspecified atom stereocenters. The zero-order chi connectivity index (χ0) is 17.1. The standard InChI is InChI=1S/C19H19N3O2/c1-3-21(15-9-5-4-6-10-15)18(23)13-22-14(2)20-17-12-8-7-11-16(17)19(22)24/h4-12H,3,13H2,1-2H3. The van der Waals surface area contributed by atoms with E-state index in [-0.39, 0.29) is 18.0 Å². The highest BCUT2D eigenvalue weighted by Gasteiger charge is 2.17. The van der Waals surface area contributed by atoms with Crippen molar-refractivity contribution in [3.8, 4) is 0 Å². The number of likely N-dealkylation sites (N-methyl/N-ethyl adjacent to an activating group) is 1. The van der Waals surface area contributed by atoms with Crippen LogP contribution in [-0.2, 0) is 11.3 Å². The van der Waals surface area contributed by atoms with Crippen molar-refractivity contribution in [3.63, 3.8) is 0 Å². The van der Waals surface area contributed by atoms with Crippen molar-refractivity contribution >= 4 is 22.5 Å². The van der Waals surface area contributed by atoms with Gasteiger partial charge in [-0.25, -0.2) is 4.98 Å². The van der Waals surface area contributed by atoms with E-state index in [1.807, 2.05) is 43.3 Å². The van der Waals surface area contributed by atoms with Crippen LogP contribution < -0.4 is 10.5 Å². The number of hydrogen-bond acceptors (Lipinski definition) is 3. The molecule has 0 saturated carbocycles. The lowest BCUT2D eigenvalue weighted by Gasteiger charge is -2.22. The van der Waals surface area contributed by atoms with Crippen molar-refractivity contribution in [3.05, 3.63) is 70.8 Å². The predicted molar refractivity (Wildman–Crippen MR) is 95.2 cm³/mol. The molecule has 1 amide bonds. The molecule has 3 aromatic rings. The van der Waals surface area contributed by atoms with Gasteiger partial charge in [-0.2, -0.15) is 0 Å². The zero-order valence-electron chi connectivity index (χ0n) is 13.8. The van der Waals surface area contributed by atoms with Crippen molar-refractivity contribution in [2.75, 3.05) is 11.4 Å². The molecule has 0 bridgehead atoms. The lowest BCUT2D eigenvalue weighted by Crippen LogP contribution is -2.37. The molecular formula is C19H19N3O2. The summed E-state index contributed by atoms with van der Waals surface area (Å²) >= 11 is 0. The minimum absolute atomic E-state index is 0.0226. The third-order valence-electron chi connectivity index (χ3n) is 4.03. The van der Waals surface area contributed by atoms with Crippen molar-refractivity contribution < 1.29 is 4.79 Å². The molecule has 2 aromatic carbocycles. The quantitative estimate of drug-likeness (QED) is 0.742. The van der Waals surface area contributed by atoms with Crippen LogP contribution in [0.2, 0.25) is 0 Å². The lowest BCUT2D eigenvalue weighted by atomic mass is 10.2. The van der Waals surface area contributed by atoms with Crippen LogP contribution in [0.1, 0.15) is 12.7 Å². The van der Waals surface area contributed by atoms with Gasteiger partial charge >= 0.3 is 0 Å². The van der Waals surface area contributed by atoms with Gasteiger partial charge in [0.2, 0.25) is 5.91 Å². The molecule has 0 N–H and O–H groups in total. The van der Waals surface area contributed by atoms with Crippen LogP contribution in [0.3, 0.4) is 0 Å². The molecule has 5 heteroatoms. The Balaban J connectivity index is 1.97. The van der Waals surface area contributed by atoms with Gasteiger partial charge in [-0.05, 0) is 38.1 Å². The molecule has 0 aliphatic rings. The number of nitrogens with zero attached hydrogens (tertiary/aromatic N) is 3. The summed E-state index contributed by atoms with van der Waals surface area (Å²) < 4.78 is 1.44. The Morgan fingerprint density at radius 2 is 1.75 bits per heavy atom. The Morgan fingerprint density at radius 3 is 2.46 bits per heavy atom. The Labute approximate surface area is 140 Å². The van der Waals surface area contributed by atoms with E-state index in [9.17, 15) is 9.59 Å². The van der Waals surface area contributed by atoms with Gasteiger partial charge in [0.15, 0.2) is 0 Å². The molecule has 5 nitrogen and oxygen atoms in total. The first-order valence-electron chi connectivity index (χ1n) is 7.93. The average Bonchev–Trinajstić information content (AvgIpc) is 2.60. The summed E-state index contributed by atoms with van der Waals surface area (Å²) in [6.45, 7) is 4.18. The molecule has 0 saturated heterocycles. The fourth-order valence-electron chi connectivity index (χ4n) is 2.80. The molecule has 1 aromatic heterocycles. The summed E-state index contributed by atoms with van der Waals surface area (Å²) in [7, 11) is 0. The highest BCUT2D eigenvalue weighted by Crippen LogP contribution is 2.14. The van der Waals surface area contributed by atoms with Gasteiger partial charge in [0.05, 0.1) is 10.9 Å². The number of carbonyl (C=O) groups excluding carboxylic acids is 1. The normalized spacial score (nSPS) is 10.8. The molecule has 122 valence electrons. The number of carbonyl (C=O) groups is 1. The van der Waals surface area contributed by atoms with Crippen molar-refractivity contribution in [1.82, 2.24) is 9.55 Å². The van der Waals surface area contributed by atoms with Crippen LogP contribution in [0.4, 0.5) is 5.69 Å². The van der Waals surface area contributed by atoms with Crippen molar-refractivity contribution in [2.45, 2.75) is 20.4 Å². The average molecular weight is 321 g/mol. The first-order valence-corrected chi connectivity index (χ1v) is 7.93. The summed E-state index contributed by atoms with van der Waals surface area (Å²) in [6.07, 6.45) is 0. The van der Waals surface area contributed by atoms with Gasteiger partial charge in [0.1, 0.15) is 12.4 Å². The van der Waals surface area contributed by atoms with Gasteiger partial charge in [0.25, 0.3) is 5.56 Å². The van der Waals surface area contributed by atoms with E-state index >= 15 is 0 Å². The summed E-state index contributed by atoms with van der Waals surface area (Å²) in [4.78, 5) is 31.5. The Morgan fingerprint density at radius 1 is 1.08 bits per heavy atom. The van der Waals surface area contributed by atoms with Crippen molar-refractivity contribution in [1.29, 1.82) is 0 Å². The molecular weight excluding hydrogens is 302 g/mol.